The summed E-state index contributed by atoms with van der Waals surface area (Å²) < 4.78 is 32.8. The summed E-state index contributed by atoms with van der Waals surface area (Å²) in [6.45, 7) is 0.784. The molecule has 0 aliphatic heterocycles. The highest BCUT2D eigenvalue weighted by atomic mass is 35.5. The van der Waals surface area contributed by atoms with Gasteiger partial charge in [-0.1, -0.05) is 11.6 Å². The van der Waals surface area contributed by atoms with Crippen molar-refractivity contribution in [3.8, 4) is 0 Å². The van der Waals surface area contributed by atoms with Crippen LogP contribution < -0.4 is 0 Å². The largest absolute Gasteiger partial charge is 0.309 e. The van der Waals surface area contributed by atoms with Crippen LogP contribution in [0.3, 0.4) is 0 Å². The minimum Gasteiger partial charge on any atom is -0.309 e. The summed E-state index contributed by atoms with van der Waals surface area (Å²) in [5.74, 6) is 0. The third-order valence-electron chi connectivity index (χ3n) is 4.35. The molecule has 0 radical (unpaired) electrons. The fourth-order valence-electron chi connectivity index (χ4n) is 2.98. The van der Waals surface area contributed by atoms with Gasteiger partial charge < -0.3 is 4.90 Å². The molecule has 0 spiro atoms. The molecule has 140 valence electrons. The minimum absolute atomic E-state index is 0.0176. The van der Waals surface area contributed by atoms with Crippen molar-refractivity contribution in [2.75, 3.05) is 20.6 Å². The molecular weight excluding hydrogens is 390 g/mol. The highest BCUT2D eigenvalue weighted by Gasteiger charge is 2.26. The molecule has 0 N–H and O–H groups in total. The van der Waals surface area contributed by atoms with E-state index < -0.39 is 10.0 Å². The van der Waals surface area contributed by atoms with Gasteiger partial charge in [-0.2, -0.15) is 0 Å². The zero-order chi connectivity index (χ0) is 19.2. The van der Waals surface area contributed by atoms with Gasteiger partial charge in [-0.25, -0.2) is 17.0 Å². The van der Waals surface area contributed by atoms with Crippen LogP contribution in [0, 0.1) is 0 Å². The number of likely N-dealkylation sites (N-methyl/N-ethyl adjacent to an activating group) is 1. The van der Waals surface area contributed by atoms with E-state index in [-0.39, 0.29) is 21.0 Å². The average Bonchev–Trinajstić information content (AvgIpc) is 3.26. The van der Waals surface area contributed by atoms with E-state index in [1.165, 1.54) is 16.1 Å². The smallest absolute Gasteiger partial charge is 0.270 e. The van der Waals surface area contributed by atoms with Crippen LogP contribution in [0.2, 0.25) is 5.02 Å². The van der Waals surface area contributed by atoms with Crippen LogP contribution in [-0.2, 0) is 16.4 Å². The Labute approximate surface area is 160 Å². The normalized spacial score (nSPS) is 12.4. The Kier molecular flexibility index (Phi) is 4.37. The zero-order valence-electron chi connectivity index (χ0n) is 14.6. The molecule has 0 bridgehead atoms. The first-order valence-electron chi connectivity index (χ1n) is 8.14. The molecule has 0 aliphatic rings. The summed E-state index contributed by atoms with van der Waals surface area (Å²) in [5, 5.41) is 8.50. The molecule has 0 fully saturated rings. The second kappa shape index (κ2) is 6.59. The minimum atomic E-state index is -3.94. The number of rotatable bonds is 5. The topological polar surface area (TPSA) is 94.1 Å². The third-order valence-corrected chi connectivity index (χ3v) is 6.36. The van der Waals surface area contributed by atoms with Gasteiger partial charge in [-0.3, -0.25) is 4.98 Å². The molecule has 1 aromatic carbocycles. The van der Waals surface area contributed by atoms with Gasteiger partial charge in [0, 0.05) is 30.5 Å². The predicted octanol–water partition coefficient (Wildman–Crippen LogP) is 2.57. The van der Waals surface area contributed by atoms with Crippen LogP contribution in [0.4, 0.5) is 0 Å². The van der Waals surface area contributed by atoms with Crippen molar-refractivity contribution in [1.29, 1.82) is 0 Å². The van der Waals surface area contributed by atoms with E-state index in [4.69, 9.17) is 16.2 Å². The van der Waals surface area contributed by atoms with E-state index in [0.717, 1.165) is 17.5 Å². The number of hydrogen-bond donors (Lipinski definition) is 0. The van der Waals surface area contributed by atoms with E-state index in [2.05, 4.69) is 15.3 Å². The molecule has 0 aliphatic carbocycles. The van der Waals surface area contributed by atoms with Crippen molar-refractivity contribution >= 4 is 43.6 Å². The van der Waals surface area contributed by atoms with E-state index in [0.29, 0.717) is 11.9 Å². The first-order chi connectivity index (χ1) is 12.9. The summed E-state index contributed by atoms with van der Waals surface area (Å²) in [6.07, 6.45) is 5.58. The molecule has 3 aromatic heterocycles. The molecule has 4 aromatic rings. The molecule has 0 saturated heterocycles. The van der Waals surface area contributed by atoms with Gasteiger partial charge in [0.05, 0.1) is 10.5 Å². The Morgan fingerprint density at radius 2 is 1.96 bits per heavy atom. The molecule has 0 unspecified atom stereocenters. The second-order valence-electron chi connectivity index (χ2n) is 6.41. The number of hydrogen-bond acceptors (Lipinski definition) is 7. The Morgan fingerprint density at radius 3 is 2.74 bits per heavy atom. The van der Waals surface area contributed by atoms with Gasteiger partial charge in [0.1, 0.15) is 4.90 Å². The van der Waals surface area contributed by atoms with E-state index in [9.17, 15) is 8.42 Å². The Morgan fingerprint density at radius 1 is 1.19 bits per heavy atom. The molecule has 4 rings (SSSR count). The number of aromatic nitrogens is 4. The van der Waals surface area contributed by atoms with Gasteiger partial charge in [0.2, 0.25) is 0 Å². The maximum atomic E-state index is 13.4. The lowest BCUT2D eigenvalue weighted by Crippen LogP contribution is -2.15. The van der Waals surface area contributed by atoms with Gasteiger partial charge in [-0.15, -0.1) is 0 Å². The molecule has 0 saturated carbocycles. The maximum absolute atomic E-state index is 13.4. The van der Waals surface area contributed by atoms with Crippen LogP contribution in [-0.4, -0.2) is 53.2 Å². The summed E-state index contributed by atoms with van der Waals surface area (Å²) in [4.78, 5) is 6.17. The molecule has 8 nitrogen and oxygen atoms in total. The molecule has 27 heavy (non-hydrogen) atoms. The second-order valence-corrected chi connectivity index (χ2v) is 8.60. The standard InChI is InChI=1S/C17H16ClN5O3S/c1-22(2)8-6-11-10-23(14-5-7-19-9-12(11)14)27(24,25)15-4-3-13(18)16-17(15)21-26-20-16/h3-5,7,9-10H,6,8H2,1-2H3. The van der Waals surface area contributed by atoms with Crippen molar-refractivity contribution in [3.05, 3.63) is 47.4 Å². The van der Waals surface area contributed by atoms with Crippen LogP contribution in [0.1, 0.15) is 5.56 Å². The summed E-state index contributed by atoms with van der Waals surface area (Å²) >= 11 is 6.06. The lowest BCUT2D eigenvalue weighted by molar-refractivity contribution is 0.315. The SMILES string of the molecule is CN(C)CCc1cn(S(=O)(=O)c2ccc(Cl)c3nonc23)c2ccncc12. The molecule has 0 atom stereocenters. The number of benzene rings is 1. The number of fused-ring (bicyclic) bond motifs is 2. The third kappa shape index (κ3) is 2.97. The van der Waals surface area contributed by atoms with E-state index in [1.54, 1.807) is 24.7 Å². The fraction of sp³-hybridized carbons (Fsp3) is 0.235. The summed E-state index contributed by atoms with van der Waals surface area (Å²) in [5.41, 5.74) is 1.77. The van der Waals surface area contributed by atoms with Crippen molar-refractivity contribution in [2.24, 2.45) is 0 Å². The number of nitrogens with zero attached hydrogens (tertiary/aromatic N) is 5. The monoisotopic (exact) mass is 405 g/mol. The van der Waals surface area contributed by atoms with Crippen molar-refractivity contribution in [1.82, 2.24) is 24.2 Å². The number of pyridine rings is 1. The van der Waals surface area contributed by atoms with Crippen LogP contribution in [0.15, 0.2) is 46.3 Å². The summed E-state index contributed by atoms with van der Waals surface area (Å²) in [6, 6.07) is 4.57. The highest BCUT2D eigenvalue weighted by molar-refractivity contribution is 7.90. The fourth-order valence-corrected chi connectivity index (χ4v) is 4.68. The quantitative estimate of drug-likeness (QED) is 0.503. The zero-order valence-corrected chi connectivity index (χ0v) is 16.2. The van der Waals surface area contributed by atoms with Gasteiger partial charge in [-0.05, 0) is 54.6 Å². The van der Waals surface area contributed by atoms with Crippen LogP contribution in [0.25, 0.3) is 21.9 Å². The Hall–Kier alpha value is -2.49. The van der Waals surface area contributed by atoms with Gasteiger partial charge in [0.15, 0.2) is 11.0 Å². The van der Waals surface area contributed by atoms with Crippen LogP contribution >= 0.6 is 11.6 Å². The van der Waals surface area contributed by atoms with E-state index >= 15 is 0 Å². The predicted molar refractivity (Wildman–Crippen MR) is 101 cm³/mol. The molecule has 10 heteroatoms. The Balaban J connectivity index is 1.93. The van der Waals surface area contributed by atoms with Gasteiger partial charge in [0.25, 0.3) is 10.0 Å². The maximum Gasteiger partial charge on any atom is 0.270 e. The first kappa shape index (κ1) is 17.9. The van der Waals surface area contributed by atoms with Crippen molar-refractivity contribution in [3.63, 3.8) is 0 Å². The van der Waals surface area contributed by atoms with Crippen molar-refractivity contribution in [2.45, 2.75) is 11.3 Å². The highest BCUT2D eigenvalue weighted by Crippen LogP contribution is 2.31. The number of halogens is 1. The van der Waals surface area contributed by atoms with Crippen LogP contribution in [0.5, 0.6) is 0 Å². The Bertz CT molecular complexity index is 1250. The lowest BCUT2D eigenvalue weighted by Gasteiger charge is -2.08. The summed E-state index contributed by atoms with van der Waals surface area (Å²) in [7, 11) is -0.00554. The van der Waals surface area contributed by atoms with E-state index in [1.807, 2.05) is 19.0 Å². The lowest BCUT2D eigenvalue weighted by atomic mass is 10.1. The van der Waals surface area contributed by atoms with Gasteiger partial charge >= 0.3 is 0 Å². The van der Waals surface area contributed by atoms with Crippen molar-refractivity contribution < 1.29 is 13.0 Å². The molecule has 3 heterocycles. The molecule has 0 amide bonds. The average molecular weight is 406 g/mol. The molecular formula is C17H16ClN5O3S. The first-order valence-corrected chi connectivity index (χ1v) is 9.96.